The van der Waals surface area contributed by atoms with Gasteiger partial charge in [0.2, 0.25) is 5.91 Å². The number of carbonyl (C=O) groups is 1. The normalized spacial score (nSPS) is 20.3. The van der Waals surface area contributed by atoms with Crippen molar-refractivity contribution in [3.8, 4) is 0 Å². The first-order chi connectivity index (χ1) is 7.34. The Labute approximate surface area is 93.9 Å². The largest absolute Gasteiger partial charge is 0.335 e. The Morgan fingerprint density at radius 2 is 2.20 bits per heavy atom. The number of thiophene rings is 1. The van der Waals surface area contributed by atoms with Crippen LogP contribution in [-0.2, 0) is 11.3 Å². The Bertz CT molecular complexity index is 352. The summed E-state index contributed by atoms with van der Waals surface area (Å²) in [6.45, 7) is 0.837. The third-order valence-electron chi connectivity index (χ3n) is 3.13. The second-order valence-electron chi connectivity index (χ2n) is 4.60. The maximum atomic E-state index is 12.0. The van der Waals surface area contributed by atoms with Gasteiger partial charge in [0.05, 0.1) is 0 Å². The summed E-state index contributed by atoms with van der Waals surface area (Å²) in [5, 5.41) is 4.23. The number of carbonyl (C=O) groups excluding carboxylic acids is 1. The van der Waals surface area contributed by atoms with E-state index in [-0.39, 0.29) is 0 Å². The number of rotatable bonds is 4. The third-order valence-corrected chi connectivity index (χ3v) is 3.86. The topological polar surface area (TPSA) is 20.3 Å². The molecule has 3 heteroatoms. The van der Waals surface area contributed by atoms with Crippen LogP contribution in [0.1, 0.15) is 31.2 Å². The molecule has 0 radical (unpaired) electrons. The molecule has 0 aromatic carbocycles. The highest BCUT2D eigenvalue weighted by atomic mass is 32.1. The number of amides is 1. The van der Waals surface area contributed by atoms with Crippen LogP contribution in [0.5, 0.6) is 0 Å². The Morgan fingerprint density at radius 1 is 1.40 bits per heavy atom. The van der Waals surface area contributed by atoms with E-state index in [0.29, 0.717) is 17.9 Å². The van der Waals surface area contributed by atoms with Crippen molar-refractivity contribution in [2.45, 2.75) is 38.3 Å². The minimum Gasteiger partial charge on any atom is -0.335 e. The molecule has 0 spiro atoms. The summed E-state index contributed by atoms with van der Waals surface area (Å²) in [6.07, 6.45) is 4.66. The van der Waals surface area contributed by atoms with Crippen molar-refractivity contribution in [1.29, 1.82) is 0 Å². The van der Waals surface area contributed by atoms with E-state index in [1.54, 1.807) is 11.3 Å². The molecule has 2 fully saturated rings. The number of hydrogen-bond acceptors (Lipinski definition) is 2. The van der Waals surface area contributed by atoms with Gasteiger partial charge in [-0.2, -0.15) is 11.3 Å². The standard InChI is InChI=1S/C12H15NOS/c14-12(10-1-2-10)13(11-3-4-11)7-9-5-6-15-8-9/h5-6,8,10-11H,1-4,7H2. The lowest BCUT2D eigenvalue weighted by atomic mass is 10.2. The van der Waals surface area contributed by atoms with E-state index in [4.69, 9.17) is 0 Å². The second-order valence-corrected chi connectivity index (χ2v) is 5.38. The highest BCUT2D eigenvalue weighted by molar-refractivity contribution is 7.07. The molecule has 80 valence electrons. The lowest BCUT2D eigenvalue weighted by molar-refractivity contribution is -0.133. The molecule has 2 aliphatic rings. The van der Waals surface area contributed by atoms with Gasteiger partial charge in [-0.15, -0.1) is 0 Å². The SMILES string of the molecule is O=C(C1CC1)N(Cc1ccsc1)C1CC1. The zero-order chi connectivity index (χ0) is 10.3. The molecular formula is C12H15NOS. The Balaban J connectivity index is 1.70. The summed E-state index contributed by atoms with van der Waals surface area (Å²) < 4.78 is 0. The average Bonchev–Trinajstić information content (AvgIpc) is 3.13. The van der Waals surface area contributed by atoms with Crippen molar-refractivity contribution in [3.05, 3.63) is 22.4 Å². The van der Waals surface area contributed by atoms with Crippen LogP contribution in [0.3, 0.4) is 0 Å². The quantitative estimate of drug-likeness (QED) is 0.765. The van der Waals surface area contributed by atoms with Crippen LogP contribution in [0.25, 0.3) is 0 Å². The van der Waals surface area contributed by atoms with E-state index < -0.39 is 0 Å². The first-order valence-corrected chi connectivity index (χ1v) is 6.60. The van der Waals surface area contributed by atoms with Crippen LogP contribution in [-0.4, -0.2) is 16.8 Å². The maximum absolute atomic E-state index is 12.0. The minimum absolute atomic E-state index is 0.365. The molecule has 0 N–H and O–H groups in total. The molecule has 2 aliphatic carbocycles. The van der Waals surface area contributed by atoms with E-state index in [1.807, 2.05) is 0 Å². The van der Waals surface area contributed by atoms with E-state index in [9.17, 15) is 4.79 Å². The molecule has 2 saturated carbocycles. The van der Waals surface area contributed by atoms with Crippen molar-refractivity contribution in [2.75, 3.05) is 0 Å². The molecule has 1 aromatic rings. The summed E-state index contributed by atoms with van der Waals surface area (Å²) in [7, 11) is 0. The summed E-state index contributed by atoms with van der Waals surface area (Å²) in [5.74, 6) is 0.771. The van der Waals surface area contributed by atoms with Crippen LogP contribution >= 0.6 is 11.3 Å². The molecule has 0 saturated heterocycles. The van der Waals surface area contributed by atoms with Gasteiger partial charge in [-0.25, -0.2) is 0 Å². The van der Waals surface area contributed by atoms with Crippen LogP contribution in [0.4, 0.5) is 0 Å². The monoisotopic (exact) mass is 221 g/mol. The highest BCUT2D eigenvalue weighted by Gasteiger charge is 2.39. The van der Waals surface area contributed by atoms with Gasteiger partial charge in [-0.05, 0) is 48.1 Å². The van der Waals surface area contributed by atoms with Gasteiger partial charge in [0.1, 0.15) is 0 Å². The molecule has 0 aliphatic heterocycles. The summed E-state index contributed by atoms with van der Waals surface area (Å²) >= 11 is 1.71. The number of nitrogens with zero attached hydrogens (tertiary/aromatic N) is 1. The maximum Gasteiger partial charge on any atom is 0.226 e. The van der Waals surface area contributed by atoms with E-state index in [1.165, 1.54) is 18.4 Å². The van der Waals surface area contributed by atoms with Crippen molar-refractivity contribution >= 4 is 17.2 Å². The molecule has 2 nitrogen and oxygen atoms in total. The van der Waals surface area contributed by atoms with Crippen molar-refractivity contribution in [1.82, 2.24) is 4.90 Å². The molecule has 3 rings (SSSR count). The molecule has 0 unspecified atom stereocenters. The summed E-state index contributed by atoms with van der Waals surface area (Å²) in [5.41, 5.74) is 1.29. The van der Waals surface area contributed by atoms with Crippen molar-refractivity contribution < 1.29 is 4.79 Å². The van der Waals surface area contributed by atoms with Gasteiger partial charge >= 0.3 is 0 Å². The predicted octanol–water partition coefficient (Wildman–Crippen LogP) is 2.65. The first kappa shape index (κ1) is 9.40. The smallest absolute Gasteiger partial charge is 0.226 e. The van der Waals surface area contributed by atoms with Crippen LogP contribution in [0, 0.1) is 5.92 Å². The van der Waals surface area contributed by atoms with E-state index >= 15 is 0 Å². The third kappa shape index (κ3) is 2.07. The van der Waals surface area contributed by atoms with Crippen LogP contribution in [0.2, 0.25) is 0 Å². The van der Waals surface area contributed by atoms with Gasteiger partial charge in [-0.1, -0.05) is 0 Å². The zero-order valence-corrected chi connectivity index (χ0v) is 9.50. The predicted molar refractivity (Wildman–Crippen MR) is 60.6 cm³/mol. The Hall–Kier alpha value is -0.830. The average molecular weight is 221 g/mol. The van der Waals surface area contributed by atoms with Gasteiger partial charge in [0.25, 0.3) is 0 Å². The molecule has 0 bridgehead atoms. The molecule has 1 amide bonds. The summed E-state index contributed by atoms with van der Waals surface area (Å²) in [6, 6.07) is 2.68. The molecule has 15 heavy (non-hydrogen) atoms. The van der Waals surface area contributed by atoms with E-state index in [0.717, 1.165) is 19.4 Å². The van der Waals surface area contributed by atoms with E-state index in [2.05, 4.69) is 21.7 Å². The van der Waals surface area contributed by atoms with Crippen LogP contribution in [0.15, 0.2) is 16.8 Å². The second kappa shape index (κ2) is 3.63. The Kier molecular flexibility index (Phi) is 2.28. The Morgan fingerprint density at radius 3 is 2.73 bits per heavy atom. The first-order valence-electron chi connectivity index (χ1n) is 5.66. The lowest BCUT2D eigenvalue weighted by Crippen LogP contribution is -2.33. The van der Waals surface area contributed by atoms with Crippen LogP contribution < -0.4 is 0 Å². The van der Waals surface area contributed by atoms with Gasteiger partial charge in [0, 0.05) is 18.5 Å². The van der Waals surface area contributed by atoms with Gasteiger partial charge < -0.3 is 4.90 Å². The molecule has 1 aromatic heterocycles. The fourth-order valence-corrected chi connectivity index (χ4v) is 2.58. The van der Waals surface area contributed by atoms with Crippen molar-refractivity contribution in [3.63, 3.8) is 0 Å². The lowest BCUT2D eigenvalue weighted by Gasteiger charge is -2.21. The molecule has 1 heterocycles. The number of hydrogen-bond donors (Lipinski definition) is 0. The fraction of sp³-hybridized carbons (Fsp3) is 0.583. The minimum atomic E-state index is 0.365. The fourth-order valence-electron chi connectivity index (χ4n) is 1.92. The molecule has 0 atom stereocenters. The zero-order valence-electron chi connectivity index (χ0n) is 8.69. The van der Waals surface area contributed by atoms with Gasteiger partial charge in [0.15, 0.2) is 0 Å². The highest BCUT2D eigenvalue weighted by Crippen LogP contribution is 2.36. The van der Waals surface area contributed by atoms with Crippen molar-refractivity contribution in [2.24, 2.45) is 5.92 Å². The van der Waals surface area contributed by atoms with Gasteiger partial charge in [-0.3, -0.25) is 4.79 Å². The summed E-state index contributed by atoms with van der Waals surface area (Å²) in [4.78, 5) is 14.2. The molecular weight excluding hydrogens is 206 g/mol.